The maximum Gasteiger partial charge on any atom is 0.150 e. The molecule has 0 saturated carbocycles. The zero-order chi connectivity index (χ0) is 22.5. The third kappa shape index (κ3) is 4.89. The number of hydrogen-bond donors (Lipinski definition) is 2. The van der Waals surface area contributed by atoms with E-state index in [0.29, 0.717) is 29.6 Å². The van der Waals surface area contributed by atoms with Gasteiger partial charge in [0.2, 0.25) is 0 Å². The number of aromatic nitrogens is 2. The predicted molar refractivity (Wildman–Crippen MR) is 122 cm³/mol. The van der Waals surface area contributed by atoms with Crippen molar-refractivity contribution in [2.24, 2.45) is 0 Å². The van der Waals surface area contributed by atoms with Crippen LogP contribution in [0.2, 0.25) is 0 Å². The van der Waals surface area contributed by atoms with Gasteiger partial charge in [-0.15, -0.1) is 0 Å². The molecule has 0 spiro atoms. The highest BCUT2D eigenvalue weighted by atomic mass is 35.5. The minimum Gasteiger partial charge on any atom is -0.455 e. The number of rotatable bonds is 7. The monoisotopic (exact) mass is 454 g/mol. The molecule has 0 radical (unpaired) electrons. The molecule has 0 atom stereocenters. The van der Waals surface area contributed by atoms with Gasteiger partial charge in [-0.25, -0.2) is 18.7 Å². The molecule has 2 heterocycles. The molecule has 1 aliphatic rings. The molecule has 2 aromatic carbocycles. The molecule has 1 aliphatic heterocycles. The van der Waals surface area contributed by atoms with Crippen LogP contribution in [0, 0.1) is 11.6 Å². The lowest BCUT2D eigenvalue weighted by atomic mass is 10.1. The molecule has 0 bridgehead atoms. The quantitative estimate of drug-likeness (QED) is 0.442. The number of fused-ring (bicyclic) bond motifs is 1. The van der Waals surface area contributed by atoms with Gasteiger partial charge in [0.15, 0.2) is 0 Å². The maximum atomic E-state index is 14.2. The van der Waals surface area contributed by atoms with E-state index in [-0.39, 0.29) is 16.7 Å². The first-order valence-corrected chi connectivity index (χ1v) is 10.6. The summed E-state index contributed by atoms with van der Waals surface area (Å²) in [6.07, 6.45) is 8.34. The van der Waals surface area contributed by atoms with Crippen LogP contribution in [0.15, 0.2) is 77.6 Å². The number of halogens is 3. The van der Waals surface area contributed by atoms with Crippen molar-refractivity contribution in [1.29, 1.82) is 0 Å². The van der Waals surface area contributed by atoms with Crippen LogP contribution in [0.4, 0.5) is 14.6 Å². The SMILES string of the molecule is CCC=C1C=C(Cl)NC=C1Oc1ccc(CCNc2ncnc3c(F)ccc(F)c23)cc1. The van der Waals surface area contributed by atoms with Gasteiger partial charge in [0.25, 0.3) is 0 Å². The second kappa shape index (κ2) is 9.78. The Kier molecular flexibility index (Phi) is 6.66. The Balaban J connectivity index is 1.39. The fourth-order valence-electron chi connectivity index (χ4n) is 3.35. The van der Waals surface area contributed by atoms with Crippen molar-refractivity contribution in [3.05, 3.63) is 94.8 Å². The minimum absolute atomic E-state index is 0.0388. The van der Waals surface area contributed by atoms with E-state index in [1.54, 1.807) is 6.20 Å². The lowest BCUT2D eigenvalue weighted by Gasteiger charge is -2.16. The van der Waals surface area contributed by atoms with Gasteiger partial charge in [-0.1, -0.05) is 36.7 Å². The summed E-state index contributed by atoms with van der Waals surface area (Å²) in [6, 6.07) is 9.82. The van der Waals surface area contributed by atoms with Crippen molar-refractivity contribution in [3.63, 3.8) is 0 Å². The van der Waals surface area contributed by atoms with E-state index < -0.39 is 11.6 Å². The largest absolute Gasteiger partial charge is 0.455 e. The third-order valence-corrected chi connectivity index (χ3v) is 5.10. The minimum atomic E-state index is -0.583. The molecule has 164 valence electrons. The lowest BCUT2D eigenvalue weighted by molar-refractivity contribution is 0.433. The summed E-state index contributed by atoms with van der Waals surface area (Å²) >= 11 is 6.03. The standard InChI is InChI=1S/C24H21ClF2N4O/c1-2-3-16-12-21(25)29-13-20(16)32-17-6-4-15(5-7-17)10-11-28-24-22-18(26)8-9-19(27)23(22)30-14-31-24/h3-9,12-14,29H,2,10-11H2,1H3,(H,28,30,31). The average Bonchev–Trinajstić information content (AvgIpc) is 2.79. The van der Waals surface area contributed by atoms with Gasteiger partial charge in [0, 0.05) is 18.3 Å². The summed E-state index contributed by atoms with van der Waals surface area (Å²) in [5, 5.41) is 6.61. The average molecular weight is 455 g/mol. The van der Waals surface area contributed by atoms with Crippen LogP contribution >= 0.6 is 11.6 Å². The van der Waals surface area contributed by atoms with E-state index in [2.05, 4.69) is 20.6 Å². The van der Waals surface area contributed by atoms with Crippen LogP contribution < -0.4 is 15.4 Å². The Morgan fingerprint density at radius 2 is 1.88 bits per heavy atom. The number of ether oxygens (including phenoxy) is 1. The van der Waals surface area contributed by atoms with Gasteiger partial charge in [0.1, 0.15) is 46.0 Å². The zero-order valence-corrected chi connectivity index (χ0v) is 18.1. The van der Waals surface area contributed by atoms with Gasteiger partial charge in [-0.2, -0.15) is 0 Å². The molecular weight excluding hydrogens is 434 g/mol. The van der Waals surface area contributed by atoms with E-state index in [1.807, 2.05) is 43.3 Å². The van der Waals surface area contributed by atoms with Crippen molar-refractivity contribution >= 4 is 28.3 Å². The molecule has 4 rings (SSSR count). The van der Waals surface area contributed by atoms with Crippen LogP contribution in [0.3, 0.4) is 0 Å². The molecule has 8 heteroatoms. The predicted octanol–water partition coefficient (Wildman–Crippen LogP) is 5.80. The van der Waals surface area contributed by atoms with E-state index in [1.165, 1.54) is 6.33 Å². The highest BCUT2D eigenvalue weighted by Crippen LogP contribution is 2.26. The summed E-state index contributed by atoms with van der Waals surface area (Å²) in [5.74, 6) is 0.509. The van der Waals surface area contributed by atoms with Gasteiger partial charge in [0.05, 0.1) is 5.39 Å². The summed E-state index contributed by atoms with van der Waals surface area (Å²) in [6.45, 7) is 2.54. The number of hydrogen-bond acceptors (Lipinski definition) is 5. The number of anilines is 1. The molecule has 32 heavy (non-hydrogen) atoms. The second-order valence-corrected chi connectivity index (χ2v) is 7.52. The Morgan fingerprint density at radius 1 is 1.09 bits per heavy atom. The molecular formula is C24H21ClF2N4O. The molecule has 0 fully saturated rings. The highest BCUT2D eigenvalue weighted by Gasteiger charge is 2.13. The number of nitrogens with one attached hydrogen (secondary N) is 2. The first-order chi connectivity index (χ1) is 15.5. The fourth-order valence-corrected chi connectivity index (χ4v) is 3.52. The van der Waals surface area contributed by atoms with Crippen LogP contribution in [0.25, 0.3) is 10.9 Å². The zero-order valence-electron chi connectivity index (χ0n) is 17.3. The lowest BCUT2D eigenvalue weighted by Crippen LogP contribution is -2.12. The normalized spacial score (nSPS) is 14.7. The van der Waals surface area contributed by atoms with Crippen molar-refractivity contribution < 1.29 is 13.5 Å². The molecule has 0 aliphatic carbocycles. The summed E-state index contributed by atoms with van der Waals surface area (Å²) in [4.78, 5) is 7.91. The van der Waals surface area contributed by atoms with E-state index in [4.69, 9.17) is 16.3 Å². The van der Waals surface area contributed by atoms with Crippen LogP contribution in [-0.2, 0) is 6.42 Å². The van der Waals surface area contributed by atoms with Gasteiger partial charge in [-0.3, -0.25) is 0 Å². The third-order valence-electron chi connectivity index (χ3n) is 4.88. The molecule has 3 aromatic rings. The fraction of sp³-hybridized carbons (Fsp3) is 0.167. The first kappa shape index (κ1) is 21.8. The van der Waals surface area contributed by atoms with Crippen molar-refractivity contribution in [1.82, 2.24) is 15.3 Å². The Morgan fingerprint density at radius 3 is 2.66 bits per heavy atom. The Bertz CT molecular complexity index is 1220. The van der Waals surface area contributed by atoms with Crippen LogP contribution in [0.1, 0.15) is 18.9 Å². The Labute approximate surface area is 189 Å². The molecule has 0 unspecified atom stereocenters. The number of dihydropyridines is 1. The van der Waals surface area contributed by atoms with E-state index in [0.717, 1.165) is 29.7 Å². The maximum absolute atomic E-state index is 14.2. The topological polar surface area (TPSA) is 59.1 Å². The van der Waals surface area contributed by atoms with Gasteiger partial charge < -0.3 is 15.4 Å². The van der Waals surface area contributed by atoms with Crippen molar-refractivity contribution in [2.75, 3.05) is 11.9 Å². The molecule has 1 aromatic heterocycles. The smallest absolute Gasteiger partial charge is 0.150 e. The van der Waals surface area contributed by atoms with E-state index in [9.17, 15) is 8.78 Å². The summed E-state index contributed by atoms with van der Waals surface area (Å²) < 4.78 is 34.1. The number of nitrogens with zero attached hydrogens (tertiary/aromatic N) is 2. The molecule has 0 saturated heterocycles. The highest BCUT2D eigenvalue weighted by molar-refractivity contribution is 6.29. The number of allylic oxidation sites excluding steroid dienone is 2. The second-order valence-electron chi connectivity index (χ2n) is 7.11. The molecule has 2 N–H and O–H groups in total. The van der Waals surface area contributed by atoms with Gasteiger partial charge in [-0.05, 0) is 48.7 Å². The van der Waals surface area contributed by atoms with Crippen LogP contribution in [0.5, 0.6) is 5.75 Å². The first-order valence-electron chi connectivity index (χ1n) is 10.2. The Hall–Kier alpha value is -3.45. The summed E-state index contributed by atoms with van der Waals surface area (Å²) in [5.41, 5.74) is 1.94. The van der Waals surface area contributed by atoms with Gasteiger partial charge >= 0.3 is 0 Å². The summed E-state index contributed by atoms with van der Waals surface area (Å²) in [7, 11) is 0. The molecule has 5 nitrogen and oxygen atoms in total. The van der Waals surface area contributed by atoms with E-state index >= 15 is 0 Å². The van der Waals surface area contributed by atoms with Crippen LogP contribution in [-0.4, -0.2) is 16.5 Å². The van der Waals surface area contributed by atoms with Crippen molar-refractivity contribution in [2.45, 2.75) is 19.8 Å². The molecule has 0 amide bonds. The number of benzene rings is 2. The van der Waals surface area contributed by atoms with Crippen molar-refractivity contribution in [3.8, 4) is 5.75 Å².